The highest BCUT2D eigenvalue weighted by Crippen LogP contribution is 2.29. The Morgan fingerprint density at radius 1 is 1.26 bits per heavy atom. The fraction of sp³-hybridized carbons (Fsp3) is 0.133. The Kier molecular flexibility index (Phi) is 4.32. The molecule has 3 nitrogen and oxygen atoms in total. The molecule has 0 unspecified atom stereocenters. The van der Waals surface area contributed by atoms with Crippen LogP contribution in [0.2, 0.25) is 0 Å². The Balaban J connectivity index is 2.13. The molecule has 0 bridgehead atoms. The zero-order valence-electron chi connectivity index (χ0n) is 10.6. The van der Waals surface area contributed by atoms with Crippen LogP contribution in [0.5, 0.6) is 5.75 Å². The van der Waals surface area contributed by atoms with Gasteiger partial charge in [-0.05, 0) is 29.8 Å². The number of para-hydroxylation sites is 1. The summed E-state index contributed by atoms with van der Waals surface area (Å²) in [4.78, 5) is 1.06. The lowest BCUT2D eigenvalue weighted by atomic mass is 10.1. The van der Waals surface area contributed by atoms with Crippen molar-refractivity contribution in [3.8, 4) is 11.8 Å². The van der Waals surface area contributed by atoms with Crippen molar-refractivity contribution in [3.05, 3.63) is 53.6 Å². The number of ether oxygens (including phenoxy) is 1. The van der Waals surface area contributed by atoms with Gasteiger partial charge in [-0.25, -0.2) is 0 Å². The first-order valence-electron chi connectivity index (χ1n) is 5.79. The first kappa shape index (κ1) is 13.3. The molecule has 0 heterocycles. The van der Waals surface area contributed by atoms with E-state index >= 15 is 0 Å². The van der Waals surface area contributed by atoms with E-state index < -0.39 is 0 Å². The van der Waals surface area contributed by atoms with Crippen molar-refractivity contribution in [2.75, 3.05) is 12.8 Å². The first-order chi connectivity index (χ1) is 9.24. The Bertz CT molecular complexity index is 620. The largest absolute Gasteiger partial charge is 0.495 e. The van der Waals surface area contributed by atoms with Crippen LogP contribution in [0.1, 0.15) is 11.1 Å². The highest BCUT2D eigenvalue weighted by atomic mass is 32.2. The van der Waals surface area contributed by atoms with Crippen LogP contribution in [0.4, 0.5) is 5.69 Å². The molecule has 0 saturated heterocycles. The molecule has 0 spiro atoms. The van der Waals surface area contributed by atoms with Gasteiger partial charge in [-0.3, -0.25) is 0 Å². The molecule has 0 aromatic heterocycles. The number of benzene rings is 2. The van der Waals surface area contributed by atoms with Crippen molar-refractivity contribution >= 4 is 17.4 Å². The predicted molar refractivity (Wildman–Crippen MR) is 78.1 cm³/mol. The van der Waals surface area contributed by atoms with E-state index in [2.05, 4.69) is 6.07 Å². The summed E-state index contributed by atoms with van der Waals surface area (Å²) in [5.74, 6) is 1.40. The Hall–Kier alpha value is -2.12. The summed E-state index contributed by atoms with van der Waals surface area (Å²) in [5.41, 5.74) is 8.34. The fourth-order valence-electron chi connectivity index (χ4n) is 1.69. The molecule has 2 aromatic rings. The number of nitrogens with two attached hydrogens (primary N) is 1. The standard InChI is InChI=1S/C15H14N2OS/c1-18-14-8-11(6-7-12(14)9-16)10-19-15-5-3-2-4-13(15)17/h2-8H,10,17H2,1H3. The third-order valence-corrected chi connectivity index (χ3v) is 3.86. The minimum Gasteiger partial charge on any atom is -0.495 e. The number of nitrogen functional groups attached to an aromatic ring is 1. The monoisotopic (exact) mass is 270 g/mol. The maximum absolute atomic E-state index is 8.93. The molecule has 19 heavy (non-hydrogen) atoms. The topological polar surface area (TPSA) is 59.0 Å². The van der Waals surface area contributed by atoms with Crippen LogP contribution < -0.4 is 10.5 Å². The second kappa shape index (κ2) is 6.17. The fourth-order valence-corrected chi connectivity index (χ4v) is 2.60. The number of thioether (sulfide) groups is 1. The lowest BCUT2D eigenvalue weighted by Crippen LogP contribution is -1.91. The minimum absolute atomic E-state index is 0.551. The second-order valence-corrected chi connectivity index (χ2v) is 4.99. The summed E-state index contributed by atoms with van der Waals surface area (Å²) >= 11 is 1.67. The van der Waals surface area contributed by atoms with Crippen LogP contribution in [0, 0.1) is 11.3 Å². The molecule has 96 valence electrons. The Morgan fingerprint density at radius 2 is 2.05 bits per heavy atom. The van der Waals surface area contributed by atoms with Gasteiger partial charge in [-0.2, -0.15) is 5.26 Å². The summed E-state index contributed by atoms with van der Waals surface area (Å²) < 4.78 is 5.20. The second-order valence-electron chi connectivity index (χ2n) is 3.97. The van der Waals surface area contributed by atoms with Crippen molar-refractivity contribution in [2.45, 2.75) is 10.6 Å². The number of anilines is 1. The van der Waals surface area contributed by atoms with Gasteiger partial charge in [0.25, 0.3) is 0 Å². The Morgan fingerprint density at radius 3 is 2.74 bits per heavy atom. The molecular formula is C15H14N2OS. The molecule has 2 rings (SSSR count). The zero-order chi connectivity index (χ0) is 13.7. The van der Waals surface area contributed by atoms with Gasteiger partial charge in [0.2, 0.25) is 0 Å². The van der Waals surface area contributed by atoms with Gasteiger partial charge in [0.1, 0.15) is 11.8 Å². The summed E-state index contributed by atoms with van der Waals surface area (Å²) in [6.45, 7) is 0. The SMILES string of the molecule is COc1cc(CSc2ccccc2N)ccc1C#N. The molecule has 2 N–H and O–H groups in total. The Labute approximate surface area is 117 Å². The van der Waals surface area contributed by atoms with Crippen LogP contribution in [0.3, 0.4) is 0 Å². The maximum atomic E-state index is 8.93. The lowest BCUT2D eigenvalue weighted by Gasteiger charge is -2.07. The summed E-state index contributed by atoms with van der Waals surface area (Å²) in [7, 11) is 1.57. The van der Waals surface area contributed by atoms with Gasteiger partial charge in [0, 0.05) is 16.3 Å². The van der Waals surface area contributed by atoms with E-state index in [1.807, 2.05) is 36.4 Å². The normalized spacial score (nSPS) is 9.89. The molecule has 0 amide bonds. The summed E-state index contributed by atoms with van der Waals surface area (Å²) in [6, 6.07) is 15.5. The van der Waals surface area contributed by atoms with Gasteiger partial charge < -0.3 is 10.5 Å². The number of nitrogens with zero attached hydrogens (tertiary/aromatic N) is 1. The van der Waals surface area contributed by atoms with Crippen LogP contribution in [0.15, 0.2) is 47.4 Å². The van der Waals surface area contributed by atoms with E-state index in [0.29, 0.717) is 11.3 Å². The van der Waals surface area contributed by atoms with Crippen molar-refractivity contribution in [2.24, 2.45) is 0 Å². The van der Waals surface area contributed by atoms with E-state index in [4.69, 9.17) is 15.7 Å². The highest BCUT2D eigenvalue weighted by molar-refractivity contribution is 7.98. The van der Waals surface area contributed by atoms with E-state index in [0.717, 1.165) is 21.9 Å². The first-order valence-corrected chi connectivity index (χ1v) is 6.77. The van der Waals surface area contributed by atoms with Crippen LogP contribution in [0.25, 0.3) is 0 Å². The van der Waals surface area contributed by atoms with Crippen molar-refractivity contribution in [1.82, 2.24) is 0 Å². The van der Waals surface area contributed by atoms with E-state index in [-0.39, 0.29) is 0 Å². The summed E-state index contributed by atoms with van der Waals surface area (Å²) in [6.07, 6.45) is 0. The molecule has 0 aliphatic rings. The molecule has 0 radical (unpaired) electrons. The number of rotatable bonds is 4. The molecule has 2 aromatic carbocycles. The van der Waals surface area contributed by atoms with E-state index in [1.165, 1.54) is 0 Å². The zero-order valence-corrected chi connectivity index (χ0v) is 11.4. The van der Waals surface area contributed by atoms with Crippen LogP contribution in [-0.2, 0) is 5.75 Å². The molecule has 0 fully saturated rings. The lowest BCUT2D eigenvalue weighted by molar-refractivity contribution is 0.413. The van der Waals surface area contributed by atoms with Gasteiger partial charge >= 0.3 is 0 Å². The molecule has 0 atom stereocenters. The van der Waals surface area contributed by atoms with Gasteiger partial charge in [0.05, 0.1) is 12.7 Å². The van der Waals surface area contributed by atoms with Crippen molar-refractivity contribution in [1.29, 1.82) is 5.26 Å². The average Bonchev–Trinajstić information content (AvgIpc) is 2.46. The maximum Gasteiger partial charge on any atom is 0.136 e. The molecular weight excluding hydrogens is 256 g/mol. The molecule has 4 heteroatoms. The molecule has 0 aliphatic heterocycles. The van der Waals surface area contributed by atoms with Gasteiger partial charge in [-0.15, -0.1) is 11.8 Å². The molecule has 0 saturated carbocycles. The van der Waals surface area contributed by atoms with Gasteiger partial charge in [0.15, 0.2) is 0 Å². The van der Waals surface area contributed by atoms with Crippen LogP contribution in [-0.4, -0.2) is 7.11 Å². The van der Waals surface area contributed by atoms with Gasteiger partial charge in [-0.1, -0.05) is 18.2 Å². The van der Waals surface area contributed by atoms with Crippen molar-refractivity contribution < 1.29 is 4.74 Å². The van der Waals surface area contributed by atoms with Crippen LogP contribution >= 0.6 is 11.8 Å². The highest BCUT2D eigenvalue weighted by Gasteiger charge is 2.05. The number of nitriles is 1. The third-order valence-electron chi connectivity index (χ3n) is 2.70. The number of methoxy groups -OCH3 is 1. The number of hydrogen-bond acceptors (Lipinski definition) is 4. The van der Waals surface area contributed by atoms with Crippen molar-refractivity contribution in [3.63, 3.8) is 0 Å². The predicted octanol–water partition coefficient (Wildman–Crippen LogP) is 3.44. The third kappa shape index (κ3) is 3.21. The quantitative estimate of drug-likeness (QED) is 0.683. The van der Waals surface area contributed by atoms with E-state index in [9.17, 15) is 0 Å². The molecule has 0 aliphatic carbocycles. The smallest absolute Gasteiger partial charge is 0.136 e. The minimum atomic E-state index is 0.551. The number of hydrogen-bond donors (Lipinski definition) is 1. The van der Waals surface area contributed by atoms with E-state index in [1.54, 1.807) is 24.9 Å². The average molecular weight is 270 g/mol. The summed E-state index contributed by atoms with van der Waals surface area (Å²) in [5, 5.41) is 8.93.